The van der Waals surface area contributed by atoms with Gasteiger partial charge in [-0.05, 0) is 29.9 Å². The van der Waals surface area contributed by atoms with E-state index in [1.807, 2.05) is 22.4 Å². The molecular weight excluding hydrogens is 406 g/mol. The second-order valence-corrected chi connectivity index (χ2v) is 7.95. The first-order chi connectivity index (χ1) is 14.4. The number of imidazole rings is 1. The number of hydrogen-bond donors (Lipinski definition) is 2. The predicted molar refractivity (Wildman–Crippen MR) is 112 cm³/mol. The van der Waals surface area contributed by atoms with Gasteiger partial charge in [-0.1, -0.05) is 5.57 Å². The fraction of sp³-hybridized carbons (Fsp3) is 0.333. The number of aromatic nitrogens is 2. The van der Waals surface area contributed by atoms with Gasteiger partial charge in [-0.2, -0.15) is 0 Å². The molecule has 4 rings (SSSR count). The summed E-state index contributed by atoms with van der Waals surface area (Å²) in [7, 11) is 0. The van der Waals surface area contributed by atoms with Crippen LogP contribution in [0.15, 0.2) is 41.6 Å². The number of piperidine rings is 1. The average Bonchev–Trinajstić information content (AvgIpc) is 3.34. The lowest BCUT2D eigenvalue weighted by molar-refractivity contribution is -0.134. The lowest BCUT2D eigenvalue weighted by Crippen LogP contribution is -2.34. The first-order valence-electron chi connectivity index (χ1n) is 9.56. The van der Waals surface area contributed by atoms with E-state index in [0.29, 0.717) is 12.2 Å². The molecule has 1 saturated heterocycles. The quantitative estimate of drug-likeness (QED) is 0.710. The molecule has 158 valence electrons. The van der Waals surface area contributed by atoms with E-state index in [4.69, 9.17) is 10.2 Å². The normalized spacial score (nSPS) is 15.7. The highest BCUT2D eigenvalue weighted by Gasteiger charge is 2.26. The van der Waals surface area contributed by atoms with Gasteiger partial charge in [0.2, 0.25) is 5.91 Å². The maximum absolute atomic E-state index is 11.5. The van der Waals surface area contributed by atoms with Crippen LogP contribution in [0.2, 0.25) is 0 Å². The summed E-state index contributed by atoms with van der Waals surface area (Å²) in [5.74, 6) is -1.23. The zero-order valence-electron chi connectivity index (χ0n) is 16.6. The first kappa shape index (κ1) is 21.5. The Morgan fingerprint density at radius 2 is 1.73 bits per heavy atom. The van der Waals surface area contributed by atoms with Crippen LogP contribution in [0, 0.1) is 0 Å². The summed E-state index contributed by atoms with van der Waals surface area (Å²) in [5, 5.41) is 17.8. The smallest absolute Gasteiger partial charge is 0.328 e. The Labute approximate surface area is 177 Å². The number of likely N-dealkylation sites (tertiary alicyclic amines) is 1. The third-order valence-electron chi connectivity index (χ3n) is 5.07. The standard InChI is InChI=1S/C17H19N3OS.C4H4O4/c1-12(21)19-7-2-13(3-8-19)16-14-5-11-22-15(14)4-9-20-10-6-18-17(16)20;5-3(6)1-2-4(7)8/h5-6,10-11H,2-4,7-9H2,1H3;1-2H,(H,5,6)(H,7,8). The molecular formula is C21H23N3O5S. The zero-order valence-corrected chi connectivity index (χ0v) is 17.4. The van der Waals surface area contributed by atoms with Gasteiger partial charge in [0.1, 0.15) is 5.82 Å². The number of aryl methyl sites for hydroxylation is 2. The number of nitrogens with zero attached hydrogens (tertiary/aromatic N) is 3. The van der Waals surface area contributed by atoms with Crippen molar-refractivity contribution in [3.8, 4) is 0 Å². The van der Waals surface area contributed by atoms with Crippen LogP contribution in [0.3, 0.4) is 0 Å². The van der Waals surface area contributed by atoms with E-state index in [1.54, 1.807) is 6.92 Å². The number of carboxylic acids is 2. The number of fused-ring (bicyclic) bond motifs is 2. The summed E-state index contributed by atoms with van der Waals surface area (Å²) < 4.78 is 2.27. The summed E-state index contributed by atoms with van der Waals surface area (Å²) in [6, 6.07) is 2.24. The van der Waals surface area contributed by atoms with Gasteiger partial charge in [-0.15, -0.1) is 11.3 Å². The van der Waals surface area contributed by atoms with Crippen molar-refractivity contribution < 1.29 is 24.6 Å². The largest absolute Gasteiger partial charge is 0.478 e. The van der Waals surface area contributed by atoms with Crippen LogP contribution in [-0.4, -0.2) is 55.6 Å². The Morgan fingerprint density at radius 3 is 2.33 bits per heavy atom. The van der Waals surface area contributed by atoms with E-state index in [1.165, 1.54) is 21.6 Å². The fourth-order valence-corrected chi connectivity index (χ4v) is 4.52. The minimum atomic E-state index is -1.26. The maximum Gasteiger partial charge on any atom is 0.328 e. The van der Waals surface area contributed by atoms with Gasteiger partial charge < -0.3 is 19.7 Å². The van der Waals surface area contributed by atoms with E-state index in [-0.39, 0.29) is 5.91 Å². The van der Waals surface area contributed by atoms with Crippen LogP contribution in [-0.2, 0) is 27.3 Å². The highest BCUT2D eigenvalue weighted by atomic mass is 32.1. The van der Waals surface area contributed by atoms with Crippen LogP contribution in [0.4, 0.5) is 0 Å². The van der Waals surface area contributed by atoms with Crippen LogP contribution < -0.4 is 0 Å². The monoisotopic (exact) mass is 429 g/mol. The zero-order chi connectivity index (χ0) is 21.7. The fourth-order valence-electron chi connectivity index (χ4n) is 3.65. The van der Waals surface area contributed by atoms with Crippen molar-refractivity contribution in [2.75, 3.05) is 13.1 Å². The molecule has 2 aliphatic rings. The van der Waals surface area contributed by atoms with E-state index in [2.05, 4.69) is 27.2 Å². The molecule has 8 nitrogen and oxygen atoms in total. The summed E-state index contributed by atoms with van der Waals surface area (Å²) in [6.07, 6.45) is 8.08. The molecule has 0 radical (unpaired) electrons. The number of hydrogen-bond acceptors (Lipinski definition) is 5. The molecule has 0 spiro atoms. The van der Waals surface area contributed by atoms with Crippen LogP contribution in [0.1, 0.15) is 36.0 Å². The Balaban J connectivity index is 0.000000275. The van der Waals surface area contributed by atoms with Crippen LogP contribution in [0.5, 0.6) is 0 Å². The van der Waals surface area contributed by atoms with Gasteiger partial charge in [0.05, 0.1) is 0 Å². The second kappa shape index (κ2) is 9.53. The van der Waals surface area contributed by atoms with Crippen molar-refractivity contribution in [2.45, 2.75) is 32.7 Å². The second-order valence-electron chi connectivity index (χ2n) is 6.95. The highest BCUT2D eigenvalue weighted by Crippen LogP contribution is 2.37. The third kappa shape index (κ3) is 5.04. The van der Waals surface area contributed by atoms with Crippen molar-refractivity contribution in [3.05, 3.63) is 57.8 Å². The van der Waals surface area contributed by atoms with Crippen molar-refractivity contribution >= 4 is 34.8 Å². The predicted octanol–water partition coefficient (Wildman–Crippen LogP) is 2.66. The molecule has 0 saturated carbocycles. The van der Waals surface area contributed by atoms with E-state index < -0.39 is 11.9 Å². The minimum absolute atomic E-state index is 0.183. The SMILES string of the molecule is CC(=O)N1CCC(=C2c3ccsc3CCn3ccnc32)CC1.O=C(O)C=CC(=O)O. The summed E-state index contributed by atoms with van der Waals surface area (Å²) in [6.45, 7) is 4.31. The molecule has 0 aromatic carbocycles. The highest BCUT2D eigenvalue weighted by molar-refractivity contribution is 7.10. The Kier molecular flexibility index (Phi) is 6.83. The summed E-state index contributed by atoms with van der Waals surface area (Å²) in [5.41, 5.74) is 4.13. The molecule has 1 fully saturated rings. The lowest BCUT2D eigenvalue weighted by atomic mass is 9.93. The number of rotatable bonds is 2. The van der Waals surface area contributed by atoms with E-state index in [0.717, 1.165) is 44.7 Å². The van der Waals surface area contributed by atoms with E-state index in [9.17, 15) is 14.4 Å². The Morgan fingerprint density at radius 1 is 1.07 bits per heavy atom. The summed E-state index contributed by atoms with van der Waals surface area (Å²) in [4.78, 5) is 38.7. The molecule has 2 N–H and O–H groups in total. The number of amides is 1. The molecule has 9 heteroatoms. The number of thiophene rings is 1. The molecule has 1 amide bonds. The molecule has 4 heterocycles. The molecule has 0 aliphatic carbocycles. The molecule has 2 aromatic heterocycles. The van der Waals surface area contributed by atoms with Crippen molar-refractivity contribution in [3.63, 3.8) is 0 Å². The molecule has 2 aromatic rings. The van der Waals surface area contributed by atoms with Gasteiger partial charge in [-0.3, -0.25) is 4.79 Å². The lowest BCUT2D eigenvalue weighted by Gasteiger charge is -2.29. The van der Waals surface area contributed by atoms with Crippen molar-refractivity contribution in [1.82, 2.24) is 14.5 Å². The van der Waals surface area contributed by atoms with Gasteiger partial charge in [-0.25, -0.2) is 14.6 Å². The van der Waals surface area contributed by atoms with Crippen molar-refractivity contribution in [2.24, 2.45) is 0 Å². The van der Waals surface area contributed by atoms with Gasteiger partial charge in [0.15, 0.2) is 0 Å². The molecule has 0 unspecified atom stereocenters. The van der Waals surface area contributed by atoms with Gasteiger partial charge >= 0.3 is 11.9 Å². The summed E-state index contributed by atoms with van der Waals surface area (Å²) >= 11 is 1.85. The minimum Gasteiger partial charge on any atom is -0.478 e. The van der Waals surface area contributed by atoms with Crippen LogP contribution >= 0.6 is 11.3 Å². The molecule has 0 bridgehead atoms. The number of carbonyl (C=O) groups is 3. The van der Waals surface area contributed by atoms with Gasteiger partial charge in [0, 0.05) is 68.0 Å². The van der Waals surface area contributed by atoms with E-state index >= 15 is 0 Å². The third-order valence-corrected chi connectivity index (χ3v) is 6.05. The van der Waals surface area contributed by atoms with Crippen molar-refractivity contribution in [1.29, 1.82) is 0 Å². The Hall–Kier alpha value is -3.20. The number of carbonyl (C=O) groups excluding carboxylic acids is 1. The number of aliphatic carboxylic acids is 2. The van der Waals surface area contributed by atoms with Gasteiger partial charge in [0.25, 0.3) is 0 Å². The first-order valence-corrected chi connectivity index (χ1v) is 10.4. The molecule has 0 atom stereocenters. The Bertz CT molecular complexity index is 947. The molecule has 2 aliphatic heterocycles. The average molecular weight is 429 g/mol. The number of carboxylic acid groups (broad SMARTS) is 2. The maximum atomic E-state index is 11.5. The molecule has 30 heavy (non-hydrogen) atoms. The van der Waals surface area contributed by atoms with Crippen LogP contribution in [0.25, 0.3) is 5.57 Å². The topological polar surface area (TPSA) is 113 Å².